The highest BCUT2D eigenvalue weighted by molar-refractivity contribution is 5.87. The number of aromatic nitrogens is 2. The van der Waals surface area contributed by atoms with Crippen LogP contribution < -0.4 is 5.73 Å². The lowest BCUT2D eigenvalue weighted by Gasteiger charge is -2.31. The molecule has 27 heavy (non-hydrogen) atoms. The van der Waals surface area contributed by atoms with Crippen molar-refractivity contribution in [1.82, 2.24) is 14.5 Å². The predicted molar refractivity (Wildman–Crippen MR) is 110 cm³/mol. The lowest BCUT2D eigenvalue weighted by Crippen LogP contribution is -2.32. The molecule has 2 aromatic heterocycles. The van der Waals surface area contributed by atoms with Gasteiger partial charge in [-0.15, -0.1) is 0 Å². The summed E-state index contributed by atoms with van der Waals surface area (Å²) in [7, 11) is 0. The summed E-state index contributed by atoms with van der Waals surface area (Å²) in [5.74, 6) is 0. The van der Waals surface area contributed by atoms with E-state index in [-0.39, 0.29) is 6.04 Å². The minimum absolute atomic E-state index is 0.0410. The normalized spacial score (nSPS) is 20.6. The molecule has 4 nitrogen and oxygen atoms in total. The number of nitrogens with zero attached hydrogens (tertiary/aromatic N) is 3. The summed E-state index contributed by atoms with van der Waals surface area (Å²) in [6.07, 6.45) is 5.66. The highest BCUT2D eigenvalue weighted by Gasteiger charge is 2.35. The zero-order valence-electron chi connectivity index (χ0n) is 16.3. The fourth-order valence-electron chi connectivity index (χ4n) is 5.07. The second kappa shape index (κ2) is 6.47. The molecule has 0 amide bonds. The zero-order valence-corrected chi connectivity index (χ0v) is 16.3. The first kappa shape index (κ1) is 17.0. The third kappa shape index (κ3) is 2.79. The van der Waals surface area contributed by atoms with Crippen molar-refractivity contribution < 1.29 is 0 Å². The van der Waals surface area contributed by atoms with E-state index in [4.69, 9.17) is 5.73 Å². The molecule has 2 aliphatic heterocycles. The van der Waals surface area contributed by atoms with E-state index in [0.29, 0.717) is 6.04 Å². The van der Waals surface area contributed by atoms with Gasteiger partial charge in [0, 0.05) is 60.1 Å². The average molecular weight is 361 g/mol. The number of pyridine rings is 1. The van der Waals surface area contributed by atoms with Crippen LogP contribution in [-0.4, -0.2) is 27.5 Å². The molecule has 4 heteroatoms. The second-order valence-electron chi connectivity index (χ2n) is 8.27. The lowest BCUT2D eigenvalue weighted by atomic mass is 9.95. The number of rotatable bonds is 3. The summed E-state index contributed by atoms with van der Waals surface area (Å²) in [4.78, 5) is 7.12. The Hall–Kier alpha value is -2.17. The molecule has 0 radical (unpaired) electrons. The topological polar surface area (TPSA) is 47.1 Å². The summed E-state index contributed by atoms with van der Waals surface area (Å²) in [5.41, 5.74) is 14.5. The van der Waals surface area contributed by atoms with Crippen LogP contribution in [0.2, 0.25) is 0 Å². The molecule has 0 spiro atoms. The third-order valence-corrected chi connectivity index (χ3v) is 6.44. The van der Waals surface area contributed by atoms with Crippen LogP contribution in [0, 0.1) is 13.8 Å². The highest BCUT2D eigenvalue weighted by Crippen LogP contribution is 2.43. The molecule has 1 fully saturated rings. The van der Waals surface area contributed by atoms with E-state index >= 15 is 0 Å². The number of hydrogen-bond acceptors (Lipinski definition) is 3. The zero-order chi connectivity index (χ0) is 18.5. The minimum Gasteiger partial charge on any atom is -0.342 e. The van der Waals surface area contributed by atoms with E-state index in [1.807, 2.05) is 13.1 Å². The summed E-state index contributed by atoms with van der Waals surface area (Å²) in [6.45, 7) is 7.45. The van der Waals surface area contributed by atoms with Crippen LogP contribution >= 0.6 is 0 Å². The Bertz CT molecular complexity index is 986. The molecule has 0 saturated carbocycles. The fraction of sp³-hybridized carbons (Fsp3) is 0.435. The average Bonchev–Trinajstić information content (AvgIpc) is 3.25. The maximum absolute atomic E-state index is 6.63. The van der Waals surface area contributed by atoms with E-state index in [1.54, 1.807) is 5.56 Å². The Morgan fingerprint density at radius 2 is 2.07 bits per heavy atom. The molecule has 3 aromatic rings. The van der Waals surface area contributed by atoms with Crippen LogP contribution in [0.15, 0.2) is 36.5 Å². The van der Waals surface area contributed by atoms with Crippen molar-refractivity contribution in [3.05, 3.63) is 64.6 Å². The van der Waals surface area contributed by atoms with Gasteiger partial charge in [-0.3, -0.25) is 9.88 Å². The molecule has 2 unspecified atom stereocenters. The number of aryl methyl sites for hydroxylation is 2. The first-order valence-corrected chi connectivity index (χ1v) is 10.2. The summed E-state index contributed by atoms with van der Waals surface area (Å²) < 4.78 is 2.50. The van der Waals surface area contributed by atoms with Crippen molar-refractivity contribution >= 4 is 10.9 Å². The van der Waals surface area contributed by atoms with Gasteiger partial charge in [0.05, 0.1) is 0 Å². The van der Waals surface area contributed by atoms with Gasteiger partial charge in [-0.2, -0.15) is 0 Å². The van der Waals surface area contributed by atoms with Gasteiger partial charge >= 0.3 is 0 Å². The van der Waals surface area contributed by atoms with Gasteiger partial charge in [-0.05, 0) is 62.6 Å². The smallest absolute Gasteiger partial charge is 0.0492 e. The molecular weight excluding hydrogens is 332 g/mol. The molecule has 140 valence electrons. The predicted octanol–water partition coefficient (Wildman–Crippen LogP) is 4.05. The van der Waals surface area contributed by atoms with Gasteiger partial charge in [0.15, 0.2) is 0 Å². The first-order chi connectivity index (χ1) is 13.1. The summed E-state index contributed by atoms with van der Waals surface area (Å²) >= 11 is 0. The summed E-state index contributed by atoms with van der Waals surface area (Å²) in [6, 6.07) is 11.6. The van der Waals surface area contributed by atoms with Gasteiger partial charge < -0.3 is 10.3 Å². The molecule has 2 atom stereocenters. The van der Waals surface area contributed by atoms with Crippen LogP contribution in [0.1, 0.15) is 53.0 Å². The van der Waals surface area contributed by atoms with Crippen molar-refractivity contribution in [3.63, 3.8) is 0 Å². The van der Waals surface area contributed by atoms with Gasteiger partial charge in [-0.25, -0.2) is 0 Å². The molecule has 0 bridgehead atoms. The number of nitrogens with two attached hydrogens (primary N) is 1. The van der Waals surface area contributed by atoms with Crippen molar-refractivity contribution in [2.45, 2.75) is 51.7 Å². The molecule has 2 aliphatic rings. The number of hydrogen-bond donors (Lipinski definition) is 1. The van der Waals surface area contributed by atoms with E-state index < -0.39 is 0 Å². The van der Waals surface area contributed by atoms with Crippen LogP contribution in [-0.2, 0) is 13.0 Å². The van der Waals surface area contributed by atoms with E-state index in [1.165, 1.54) is 48.1 Å². The summed E-state index contributed by atoms with van der Waals surface area (Å²) in [5, 5.41) is 1.44. The fourth-order valence-corrected chi connectivity index (χ4v) is 5.07. The second-order valence-corrected chi connectivity index (χ2v) is 8.27. The van der Waals surface area contributed by atoms with E-state index in [2.05, 4.69) is 51.7 Å². The van der Waals surface area contributed by atoms with Crippen LogP contribution in [0.5, 0.6) is 0 Å². The molecule has 5 rings (SSSR count). The SMILES string of the molecule is Cc1ccc2c(c1)c1c(n2CC(N)c2ccc(C)nc2)CCN2CCCC12. The Labute approximate surface area is 161 Å². The monoisotopic (exact) mass is 360 g/mol. The number of fused-ring (bicyclic) bond motifs is 5. The Morgan fingerprint density at radius 1 is 1.19 bits per heavy atom. The first-order valence-electron chi connectivity index (χ1n) is 10.2. The quantitative estimate of drug-likeness (QED) is 0.767. The molecule has 4 heterocycles. The van der Waals surface area contributed by atoms with Crippen LogP contribution in [0.4, 0.5) is 0 Å². The Kier molecular flexibility index (Phi) is 4.06. The van der Waals surface area contributed by atoms with Gasteiger partial charge in [-0.1, -0.05) is 17.7 Å². The van der Waals surface area contributed by atoms with Crippen LogP contribution in [0.3, 0.4) is 0 Å². The largest absolute Gasteiger partial charge is 0.342 e. The van der Waals surface area contributed by atoms with Gasteiger partial charge in [0.1, 0.15) is 0 Å². The number of benzene rings is 1. The standard InChI is InChI=1S/C23H28N4/c1-15-5-8-20-18(12-15)23-21-4-3-10-26(21)11-9-22(23)27(20)14-19(24)17-7-6-16(2)25-13-17/h5-8,12-13,19,21H,3-4,9-11,14,24H2,1-2H3. The molecular formula is C23H28N4. The molecule has 1 saturated heterocycles. The maximum atomic E-state index is 6.63. The lowest BCUT2D eigenvalue weighted by molar-refractivity contribution is 0.241. The van der Waals surface area contributed by atoms with Crippen molar-refractivity contribution in [1.29, 1.82) is 0 Å². The highest BCUT2D eigenvalue weighted by atomic mass is 15.2. The Morgan fingerprint density at radius 3 is 2.89 bits per heavy atom. The van der Waals surface area contributed by atoms with Crippen LogP contribution in [0.25, 0.3) is 10.9 Å². The molecule has 0 aliphatic carbocycles. The Balaban J connectivity index is 1.61. The van der Waals surface area contributed by atoms with Gasteiger partial charge in [0.25, 0.3) is 0 Å². The molecule has 1 aromatic carbocycles. The third-order valence-electron chi connectivity index (χ3n) is 6.44. The minimum atomic E-state index is -0.0410. The maximum Gasteiger partial charge on any atom is 0.0492 e. The van der Waals surface area contributed by atoms with Crippen molar-refractivity contribution in [2.75, 3.05) is 13.1 Å². The van der Waals surface area contributed by atoms with E-state index in [0.717, 1.165) is 24.2 Å². The van der Waals surface area contributed by atoms with Gasteiger partial charge in [0.2, 0.25) is 0 Å². The molecule has 2 N–H and O–H groups in total. The van der Waals surface area contributed by atoms with Crippen molar-refractivity contribution in [2.24, 2.45) is 5.73 Å². The van der Waals surface area contributed by atoms with Crippen molar-refractivity contribution in [3.8, 4) is 0 Å². The van der Waals surface area contributed by atoms with E-state index in [9.17, 15) is 0 Å².